The highest BCUT2D eigenvalue weighted by Crippen LogP contribution is 2.30. The van der Waals surface area contributed by atoms with Crippen LogP contribution in [-0.4, -0.2) is 16.1 Å². The molecule has 0 nitrogen and oxygen atoms in total. The van der Waals surface area contributed by atoms with Gasteiger partial charge in [-0.3, -0.25) is 0 Å². The second kappa shape index (κ2) is 4.29. The normalized spacial score (nSPS) is 23.2. The monoisotopic (exact) mass is 160 g/mol. The maximum Gasteiger partial charge on any atom is 0.0682 e. The molecule has 1 heterocycles. The van der Waals surface area contributed by atoms with Crippen LogP contribution in [0.1, 0.15) is 13.3 Å². The van der Waals surface area contributed by atoms with Crippen LogP contribution in [-0.2, 0) is 0 Å². The minimum Gasteiger partial charge on any atom is -0.143 e. The Morgan fingerprint density at radius 2 is 2.00 bits per heavy atom. The average Bonchev–Trinajstić information content (AvgIpc) is 1.91. The van der Waals surface area contributed by atoms with Gasteiger partial charge in [0.05, 0.1) is 4.58 Å². The lowest BCUT2D eigenvalue weighted by Crippen LogP contribution is -2.02. The van der Waals surface area contributed by atoms with Crippen LogP contribution in [0.2, 0.25) is 0 Å². The largest absolute Gasteiger partial charge is 0.143 e. The number of allylic oxidation sites excluding steroid dienone is 1. The zero-order chi connectivity index (χ0) is 6.53. The van der Waals surface area contributed by atoms with Gasteiger partial charge in [0.1, 0.15) is 0 Å². The zero-order valence-corrected chi connectivity index (χ0v) is 7.30. The Hall–Kier alpha value is 0.440. The molecule has 1 rings (SSSR count). The summed E-state index contributed by atoms with van der Waals surface area (Å²) in [4.78, 5) is 0. The van der Waals surface area contributed by atoms with Crippen molar-refractivity contribution in [2.24, 2.45) is 0 Å². The first-order valence-electron chi connectivity index (χ1n) is 3.29. The maximum absolute atomic E-state index is 2.29. The quantitative estimate of drug-likeness (QED) is 0.541. The molecule has 1 aliphatic rings. The third-order valence-electron chi connectivity index (χ3n) is 1.20. The van der Waals surface area contributed by atoms with Crippen LogP contribution in [0.15, 0.2) is 12.2 Å². The van der Waals surface area contributed by atoms with Gasteiger partial charge < -0.3 is 0 Å². The van der Waals surface area contributed by atoms with Crippen LogP contribution in [0.3, 0.4) is 0 Å². The second-order valence-electron chi connectivity index (χ2n) is 1.99. The lowest BCUT2D eigenvalue weighted by Gasteiger charge is -2.16. The Balaban J connectivity index is 2.23. The molecule has 2 heteroatoms. The first-order valence-corrected chi connectivity index (χ1v) is 5.39. The highest BCUT2D eigenvalue weighted by Gasteiger charge is 2.09. The van der Waals surface area contributed by atoms with Gasteiger partial charge in [-0.05, 0) is 24.9 Å². The molecule has 1 fully saturated rings. The summed E-state index contributed by atoms with van der Waals surface area (Å²) in [7, 11) is 0. The van der Waals surface area contributed by atoms with E-state index in [1.165, 1.54) is 17.9 Å². The molecule has 0 N–H and O–H groups in total. The minimum absolute atomic E-state index is 0.753. The topological polar surface area (TPSA) is 0 Å². The summed E-state index contributed by atoms with van der Waals surface area (Å²) in [6.07, 6.45) is 5.83. The molecule has 0 unspecified atom stereocenters. The van der Waals surface area contributed by atoms with Gasteiger partial charge in [-0.25, -0.2) is 0 Å². The van der Waals surface area contributed by atoms with Crippen molar-refractivity contribution < 1.29 is 0 Å². The standard InChI is InChI=1S/C7H12S2/c1-2-4-7-8-5-3-6-9-7/h2,4,7H,3,5-6H2,1H3/b4-2+. The molecular weight excluding hydrogens is 148 g/mol. The van der Waals surface area contributed by atoms with E-state index >= 15 is 0 Å². The van der Waals surface area contributed by atoms with Crippen LogP contribution >= 0.6 is 23.5 Å². The molecule has 1 saturated heterocycles. The molecule has 0 aromatic heterocycles. The molecule has 0 bridgehead atoms. The van der Waals surface area contributed by atoms with E-state index in [2.05, 4.69) is 42.6 Å². The van der Waals surface area contributed by atoms with Gasteiger partial charge in [0, 0.05) is 0 Å². The Bertz CT molecular complexity index is 93.1. The van der Waals surface area contributed by atoms with Crippen molar-refractivity contribution in [2.75, 3.05) is 11.5 Å². The van der Waals surface area contributed by atoms with E-state index in [0.29, 0.717) is 0 Å². The lowest BCUT2D eigenvalue weighted by molar-refractivity contribution is 1.11. The fourth-order valence-electron chi connectivity index (χ4n) is 0.774. The third-order valence-corrected chi connectivity index (χ3v) is 4.04. The summed E-state index contributed by atoms with van der Waals surface area (Å²) in [6, 6.07) is 0. The molecule has 0 radical (unpaired) electrons. The van der Waals surface area contributed by atoms with Gasteiger partial charge in [0.25, 0.3) is 0 Å². The molecule has 0 aromatic rings. The van der Waals surface area contributed by atoms with Crippen molar-refractivity contribution in [1.29, 1.82) is 0 Å². The Kier molecular flexibility index (Phi) is 3.59. The number of thioether (sulfide) groups is 2. The minimum atomic E-state index is 0.753. The Labute approximate surface area is 65.5 Å². The third kappa shape index (κ3) is 2.67. The first-order chi connectivity index (χ1) is 4.43. The Morgan fingerprint density at radius 3 is 2.56 bits per heavy atom. The smallest absolute Gasteiger partial charge is 0.0682 e. The van der Waals surface area contributed by atoms with E-state index in [1.807, 2.05) is 0 Å². The van der Waals surface area contributed by atoms with Crippen LogP contribution in [0.25, 0.3) is 0 Å². The van der Waals surface area contributed by atoms with E-state index in [4.69, 9.17) is 0 Å². The molecule has 0 aliphatic carbocycles. The van der Waals surface area contributed by atoms with Crippen LogP contribution in [0.5, 0.6) is 0 Å². The number of hydrogen-bond acceptors (Lipinski definition) is 2. The van der Waals surface area contributed by atoms with Gasteiger partial charge in [0.15, 0.2) is 0 Å². The molecule has 0 saturated carbocycles. The molecule has 0 atom stereocenters. The van der Waals surface area contributed by atoms with E-state index in [-0.39, 0.29) is 0 Å². The highest BCUT2D eigenvalue weighted by molar-refractivity contribution is 8.17. The predicted molar refractivity (Wildman–Crippen MR) is 48.1 cm³/mol. The molecule has 0 spiro atoms. The van der Waals surface area contributed by atoms with Gasteiger partial charge in [0.2, 0.25) is 0 Å². The fourth-order valence-corrected chi connectivity index (χ4v) is 3.54. The van der Waals surface area contributed by atoms with Crippen molar-refractivity contribution in [1.82, 2.24) is 0 Å². The average molecular weight is 160 g/mol. The van der Waals surface area contributed by atoms with Gasteiger partial charge in [-0.1, -0.05) is 12.2 Å². The van der Waals surface area contributed by atoms with Crippen molar-refractivity contribution in [3.8, 4) is 0 Å². The van der Waals surface area contributed by atoms with Crippen LogP contribution in [0, 0.1) is 0 Å². The molecular formula is C7H12S2. The highest BCUT2D eigenvalue weighted by atomic mass is 32.2. The number of hydrogen-bond donors (Lipinski definition) is 0. The molecule has 52 valence electrons. The van der Waals surface area contributed by atoms with Crippen LogP contribution in [0.4, 0.5) is 0 Å². The predicted octanol–water partition coefficient (Wildman–Crippen LogP) is 2.76. The van der Waals surface area contributed by atoms with Crippen molar-refractivity contribution in [3.63, 3.8) is 0 Å². The Morgan fingerprint density at radius 1 is 1.33 bits per heavy atom. The molecule has 9 heavy (non-hydrogen) atoms. The summed E-state index contributed by atoms with van der Waals surface area (Å²) < 4.78 is 0.753. The summed E-state index contributed by atoms with van der Waals surface area (Å²) in [5.74, 6) is 2.70. The van der Waals surface area contributed by atoms with E-state index in [0.717, 1.165) is 4.58 Å². The van der Waals surface area contributed by atoms with Crippen molar-refractivity contribution >= 4 is 23.5 Å². The second-order valence-corrected chi connectivity index (χ2v) is 4.79. The fraction of sp³-hybridized carbons (Fsp3) is 0.714. The zero-order valence-electron chi connectivity index (χ0n) is 5.67. The lowest BCUT2D eigenvalue weighted by atomic mass is 10.6. The molecule has 0 aromatic carbocycles. The molecule has 0 amide bonds. The van der Waals surface area contributed by atoms with Gasteiger partial charge >= 0.3 is 0 Å². The van der Waals surface area contributed by atoms with E-state index in [1.54, 1.807) is 0 Å². The summed E-state index contributed by atoms with van der Waals surface area (Å²) in [5.41, 5.74) is 0. The van der Waals surface area contributed by atoms with E-state index in [9.17, 15) is 0 Å². The summed E-state index contributed by atoms with van der Waals surface area (Å²) in [6.45, 7) is 2.09. The van der Waals surface area contributed by atoms with Gasteiger partial charge in [-0.15, -0.1) is 23.5 Å². The van der Waals surface area contributed by atoms with E-state index < -0.39 is 0 Å². The first kappa shape index (κ1) is 7.55. The number of rotatable bonds is 1. The summed E-state index contributed by atoms with van der Waals surface area (Å²) in [5, 5.41) is 0. The maximum atomic E-state index is 2.29. The SMILES string of the molecule is C/C=C/C1SCCCS1. The van der Waals surface area contributed by atoms with Crippen molar-refractivity contribution in [3.05, 3.63) is 12.2 Å². The van der Waals surface area contributed by atoms with Crippen molar-refractivity contribution in [2.45, 2.75) is 17.9 Å². The van der Waals surface area contributed by atoms with Crippen LogP contribution < -0.4 is 0 Å². The van der Waals surface area contributed by atoms with Gasteiger partial charge in [-0.2, -0.15) is 0 Å². The molecule has 1 aliphatic heterocycles. The summed E-state index contributed by atoms with van der Waals surface area (Å²) >= 11 is 4.13.